The summed E-state index contributed by atoms with van der Waals surface area (Å²) in [5, 5.41) is 0. The summed E-state index contributed by atoms with van der Waals surface area (Å²) in [5.41, 5.74) is -0.850. The molecule has 1 saturated heterocycles. The number of rotatable bonds is 4. The number of benzene rings is 1. The molecule has 1 aliphatic heterocycles. The number of amides is 1. The summed E-state index contributed by atoms with van der Waals surface area (Å²) in [5.74, 6) is -0.0168. The minimum Gasteiger partial charge on any atom is -0.477 e. The molecule has 3 rings (SSSR count). The zero-order chi connectivity index (χ0) is 18.7. The van der Waals surface area contributed by atoms with E-state index in [4.69, 9.17) is 9.47 Å². The van der Waals surface area contributed by atoms with E-state index in [-0.39, 0.29) is 30.0 Å². The summed E-state index contributed by atoms with van der Waals surface area (Å²) in [6, 6.07) is 4.40. The van der Waals surface area contributed by atoms with E-state index < -0.39 is 17.6 Å². The third-order valence-electron chi connectivity index (χ3n) is 3.97. The lowest BCUT2D eigenvalue weighted by Crippen LogP contribution is -2.31. The Labute approximate surface area is 147 Å². The van der Waals surface area contributed by atoms with E-state index in [0.29, 0.717) is 13.0 Å². The number of carbonyl (C=O) groups is 1. The van der Waals surface area contributed by atoms with Gasteiger partial charge < -0.3 is 14.4 Å². The number of carbonyl (C=O) groups excluding carboxylic acids is 1. The van der Waals surface area contributed by atoms with Crippen LogP contribution in [0.2, 0.25) is 0 Å². The smallest absolute Gasteiger partial charge is 0.416 e. The van der Waals surface area contributed by atoms with Crippen molar-refractivity contribution in [2.75, 3.05) is 20.2 Å². The van der Waals surface area contributed by atoms with Gasteiger partial charge in [-0.1, -0.05) is 6.07 Å². The fourth-order valence-corrected chi connectivity index (χ4v) is 2.71. The first-order chi connectivity index (χ1) is 12.4. The molecular weight excluding hydrogens is 351 g/mol. The van der Waals surface area contributed by atoms with Crippen LogP contribution in [-0.2, 0) is 6.18 Å². The zero-order valence-corrected chi connectivity index (χ0v) is 13.9. The van der Waals surface area contributed by atoms with Crippen molar-refractivity contribution in [3.05, 3.63) is 47.8 Å². The maximum absolute atomic E-state index is 12.8. The van der Waals surface area contributed by atoms with Crippen molar-refractivity contribution < 1.29 is 27.4 Å². The standard InChI is InChI=1S/C17H16F3N3O3/c1-25-14-15(22-7-6-21-14)26-13-5-8-23(10-13)16(24)11-3-2-4-12(9-11)17(18,19)20/h2-4,6-7,9,13H,5,8,10H2,1H3. The lowest BCUT2D eigenvalue weighted by Gasteiger charge is -2.18. The van der Waals surface area contributed by atoms with Crippen LogP contribution in [-0.4, -0.2) is 47.1 Å². The Morgan fingerprint density at radius 2 is 1.96 bits per heavy atom. The molecule has 1 unspecified atom stereocenters. The van der Waals surface area contributed by atoms with Crippen LogP contribution in [0.4, 0.5) is 13.2 Å². The van der Waals surface area contributed by atoms with Crippen molar-refractivity contribution in [2.24, 2.45) is 0 Å². The first kappa shape index (κ1) is 18.0. The summed E-state index contributed by atoms with van der Waals surface area (Å²) in [6.07, 6.45) is -1.38. The van der Waals surface area contributed by atoms with E-state index in [1.165, 1.54) is 36.5 Å². The molecule has 1 fully saturated rings. The molecule has 0 aliphatic carbocycles. The molecule has 0 N–H and O–H groups in total. The van der Waals surface area contributed by atoms with Gasteiger partial charge in [0, 0.05) is 30.9 Å². The third kappa shape index (κ3) is 3.87. The molecule has 0 radical (unpaired) electrons. The Hall–Kier alpha value is -2.84. The average Bonchev–Trinajstić information content (AvgIpc) is 3.09. The van der Waals surface area contributed by atoms with Gasteiger partial charge in [0.25, 0.3) is 17.7 Å². The Kier molecular flexibility index (Phi) is 4.97. The fraction of sp³-hybridized carbons (Fsp3) is 0.353. The van der Waals surface area contributed by atoms with E-state index in [0.717, 1.165) is 12.1 Å². The van der Waals surface area contributed by atoms with Gasteiger partial charge >= 0.3 is 6.18 Å². The van der Waals surface area contributed by atoms with Gasteiger partial charge in [0.15, 0.2) is 0 Å². The largest absolute Gasteiger partial charge is 0.477 e. The van der Waals surface area contributed by atoms with Crippen molar-refractivity contribution in [3.8, 4) is 11.8 Å². The van der Waals surface area contributed by atoms with Crippen molar-refractivity contribution >= 4 is 5.91 Å². The average molecular weight is 367 g/mol. The predicted molar refractivity (Wildman–Crippen MR) is 85.0 cm³/mol. The van der Waals surface area contributed by atoms with Crippen LogP contribution in [0.3, 0.4) is 0 Å². The second kappa shape index (κ2) is 7.19. The monoisotopic (exact) mass is 367 g/mol. The van der Waals surface area contributed by atoms with Gasteiger partial charge in [-0.15, -0.1) is 0 Å². The maximum atomic E-state index is 12.8. The molecule has 1 atom stereocenters. The van der Waals surface area contributed by atoms with Gasteiger partial charge in [0.1, 0.15) is 6.10 Å². The first-order valence-corrected chi connectivity index (χ1v) is 7.86. The number of likely N-dealkylation sites (tertiary alicyclic amines) is 1. The molecule has 9 heteroatoms. The number of methoxy groups -OCH3 is 1. The van der Waals surface area contributed by atoms with Gasteiger partial charge in [0.2, 0.25) is 0 Å². The quantitative estimate of drug-likeness (QED) is 0.832. The molecule has 1 aromatic carbocycles. The molecule has 138 valence electrons. The van der Waals surface area contributed by atoms with Crippen molar-refractivity contribution in [3.63, 3.8) is 0 Å². The van der Waals surface area contributed by atoms with E-state index in [2.05, 4.69) is 9.97 Å². The molecular formula is C17H16F3N3O3. The highest BCUT2D eigenvalue weighted by atomic mass is 19.4. The molecule has 2 aromatic rings. The Morgan fingerprint density at radius 3 is 2.65 bits per heavy atom. The maximum Gasteiger partial charge on any atom is 0.416 e. The second-order valence-corrected chi connectivity index (χ2v) is 5.73. The molecule has 1 aromatic heterocycles. The summed E-state index contributed by atoms with van der Waals surface area (Å²) in [4.78, 5) is 22.0. The zero-order valence-electron chi connectivity index (χ0n) is 13.9. The van der Waals surface area contributed by atoms with Crippen molar-refractivity contribution in [2.45, 2.75) is 18.7 Å². The van der Waals surface area contributed by atoms with E-state index in [1.54, 1.807) is 0 Å². The highest BCUT2D eigenvalue weighted by molar-refractivity contribution is 5.94. The fourth-order valence-electron chi connectivity index (χ4n) is 2.71. The lowest BCUT2D eigenvalue weighted by atomic mass is 10.1. The Balaban J connectivity index is 1.68. The number of aromatic nitrogens is 2. The predicted octanol–water partition coefficient (Wildman–Crippen LogP) is 2.80. The highest BCUT2D eigenvalue weighted by Gasteiger charge is 2.33. The van der Waals surface area contributed by atoms with Gasteiger partial charge in [-0.2, -0.15) is 13.2 Å². The number of hydrogen-bond donors (Lipinski definition) is 0. The molecule has 1 aliphatic rings. The Morgan fingerprint density at radius 1 is 1.23 bits per heavy atom. The van der Waals surface area contributed by atoms with Crippen molar-refractivity contribution in [1.29, 1.82) is 0 Å². The van der Waals surface area contributed by atoms with Gasteiger partial charge in [0.05, 0.1) is 19.2 Å². The SMILES string of the molecule is COc1nccnc1OC1CCN(C(=O)c2cccc(C(F)(F)F)c2)C1. The minimum atomic E-state index is -4.49. The Bertz CT molecular complexity index is 798. The first-order valence-electron chi connectivity index (χ1n) is 7.86. The van der Waals surface area contributed by atoms with Crippen LogP contribution in [0, 0.1) is 0 Å². The number of hydrogen-bond acceptors (Lipinski definition) is 5. The normalized spacial score (nSPS) is 17.2. The van der Waals surface area contributed by atoms with E-state index >= 15 is 0 Å². The van der Waals surface area contributed by atoms with Gasteiger partial charge in [-0.3, -0.25) is 4.79 Å². The molecule has 2 heterocycles. The number of ether oxygens (including phenoxy) is 2. The van der Waals surface area contributed by atoms with Crippen LogP contribution in [0.1, 0.15) is 22.3 Å². The highest BCUT2D eigenvalue weighted by Crippen LogP contribution is 2.30. The molecule has 0 saturated carbocycles. The molecule has 0 spiro atoms. The van der Waals surface area contributed by atoms with Crippen LogP contribution in [0.15, 0.2) is 36.7 Å². The van der Waals surface area contributed by atoms with Crippen LogP contribution < -0.4 is 9.47 Å². The minimum absolute atomic E-state index is 0.00226. The topological polar surface area (TPSA) is 64.6 Å². The van der Waals surface area contributed by atoms with Crippen molar-refractivity contribution in [1.82, 2.24) is 14.9 Å². The van der Waals surface area contributed by atoms with Gasteiger partial charge in [-0.25, -0.2) is 9.97 Å². The number of halogens is 3. The second-order valence-electron chi connectivity index (χ2n) is 5.73. The summed E-state index contributed by atoms with van der Waals surface area (Å²) in [6.45, 7) is 0.622. The van der Waals surface area contributed by atoms with Gasteiger partial charge in [-0.05, 0) is 18.2 Å². The molecule has 26 heavy (non-hydrogen) atoms. The molecule has 1 amide bonds. The number of nitrogens with zero attached hydrogens (tertiary/aromatic N) is 3. The van der Waals surface area contributed by atoms with Crippen LogP contribution >= 0.6 is 0 Å². The molecule has 6 nitrogen and oxygen atoms in total. The summed E-state index contributed by atoms with van der Waals surface area (Å²) >= 11 is 0. The van der Waals surface area contributed by atoms with E-state index in [1.807, 2.05) is 0 Å². The third-order valence-corrected chi connectivity index (χ3v) is 3.97. The lowest BCUT2D eigenvalue weighted by molar-refractivity contribution is -0.137. The molecule has 0 bridgehead atoms. The van der Waals surface area contributed by atoms with Crippen LogP contribution in [0.5, 0.6) is 11.8 Å². The van der Waals surface area contributed by atoms with Crippen LogP contribution in [0.25, 0.3) is 0 Å². The summed E-state index contributed by atoms with van der Waals surface area (Å²) < 4.78 is 49.2. The summed E-state index contributed by atoms with van der Waals surface area (Å²) in [7, 11) is 1.44. The number of alkyl halides is 3. The van der Waals surface area contributed by atoms with E-state index in [9.17, 15) is 18.0 Å².